The Kier molecular flexibility index (Phi) is 7.03. The van der Waals surface area contributed by atoms with Crippen molar-refractivity contribution in [3.63, 3.8) is 0 Å². The third-order valence-electron chi connectivity index (χ3n) is 5.26. The first-order valence-electron chi connectivity index (χ1n) is 10.6. The van der Waals surface area contributed by atoms with Crippen LogP contribution in [0.3, 0.4) is 0 Å². The van der Waals surface area contributed by atoms with Gasteiger partial charge in [-0.05, 0) is 37.5 Å². The highest BCUT2D eigenvalue weighted by molar-refractivity contribution is 5.82. The molecule has 5 heterocycles. The van der Waals surface area contributed by atoms with E-state index in [1.54, 1.807) is 19.3 Å². The van der Waals surface area contributed by atoms with Crippen LogP contribution in [0, 0.1) is 0 Å². The molecule has 168 valence electrons. The first-order valence-corrected chi connectivity index (χ1v) is 10.6. The molecule has 0 aliphatic carbocycles. The Bertz CT molecular complexity index is 1010. The molecule has 2 atom stereocenters. The van der Waals surface area contributed by atoms with Gasteiger partial charge in [-0.1, -0.05) is 11.2 Å². The van der Waals surface area contributed by atoms with Crippen molar-refractivity contribution in [1.82, 2.24) is 25.0 Å². The average Bonchev–Trinajstić information content (AvgIpc) is 3.47. The minimum absolute atomic E-state index is 0.148. The summed E-state index contributed by atoms with van der Waals surface area (Å²) in [5.41, 5.74) is 2.97. The van der Waals surface area contributed by atoms with Gasteiger partial charge in [0.15, 0.2) is 0 Å². The molecular formula is C22H26N6O4. The zero-order valence-corrected chi connectivity index (χ0v) is 17.8. The predicted molar refractivity (Wildman–Crippen MR) is 116 cm³/mol. The summed E-state index contributed by atoms with van der Waals surface area (Å²) in [4.78, 5) is 25.6. The van der Waals surface area contributed by atoms with Gasteiger partial charge >= 0.3 is 0 Å². The molecule has 2 aliphatic heterocycles. The standard InChI is InChI=1S/C17H17N5O2.C5H9NO2/c1-4-13(20-14(5-1)16-7-10-24-22-16)15-6-8-18-17(21-15)19-12-3-2-9-23-11-12;1-6-3-2-4(7)5(6)8/h1,4-8,10,12H,2-3,9,11H2,(H,18,19,21);4,7H,2-3H2,1H3/t12-;/m1./s1. The molecule has 2 N–H and O–H groups in total. The summed E-state index contributed by atoms with van der Waals surface area (Å²) in [6.07, 6.45) is 5.25. The van der Waals surface area contributed by atoms with Gasteiger partial charge in [0.2, 0.25) is 5.95 Å². The molecule has 3 aromatic rings. The van der Waals surface area contributed by atoms with E-state index in [0.717, 1.165) is 36.5 Å². The number of pyridine rings is 1. The zero-order chi connectivity index (χ0) is 22.3. The summed E-state index contributed by atoms with van der Waals surface area (Å²) in [5.74, 6) is 0.446. The van der Waals surface area contributed by atoms with Gasteiger partial charge in [0.05, 0.1) is 29.7 Å². The van der Waals surface area contributed by atoms with Crippen LogP contribution >= 0.6 is 0 Å². The molecule has 2 saturated heterocycles. The van der Waals surface area contributed by atoms with Gasteiger partial charge in [-0.2, -0.15) is 0 Å². The van der Waals surface area contributed by atoms with Crippen LogP contribution in [0.2, 0.25) is 0 Å². The Morgan fingerprint density at radius 1 is 1.09 bits per heavy atom. The normalized spacial score (nSPS) is 20.6. The fraction of sp³-hybridized carbons (Fsp3) is 0.409. The smallest absolute Gasteiger partial charge is 0.251 e. The maximum absolute atomic E-state index is 10.6. The third-order valence-corrected chi connectivity index (χ3v) is 5.26. The molecule has 2 fully saturated rings. The summed E-state index contributed by atoms with van der Waals surface area (Å²) >= 11 is 0. The van der Waals surface area contributed by atoms with E-state index in [2.05, 4.69) is 25.4 Å². The first-order chi connectivity index (χ1) is 15.6. The lowest BCUT2D eigenvalue weighted by atomic mass is 10.1. The minimum Gasteiger partial charge on any atom is -0.383 e. The SMILES string of the molecule is CN1CCC(O)C1=O.c1cc(-c2ccon2)nc(-c2ccnc(N[C@@H]3CCCOC3)n2)c1. The van der Waals surface area contributed by atoms with Crippen molar-refractivity contribution in [2.45, 2.75) is 31.4 Å². The Morgan fingerprint density at radius 2 is 1.91 bits per heavy atom. The summed E-state index contributed by atoms with van der Waals surface area (Å²) in [6, 6.07) is 9.61. The van der Waals surface area contributed by atoms with E-state index in [-0.39, 0.29) is 11.9 Å². The quantitative estimate of drug-likeness (QED) is 0.629. The van der Waals surface area contributed by atoms with Gasteiger partial charge in [-0.3, -0.25) is 4.79 Å². The van der Waals surface area contributed by atoms with Gasteiger partial charge in [-0.25, -0.2) is 15.0 Å². The molecule has 10 heteroatoms. The zero-order valence-electron chi connectivity index (χ0n) is 17.8. The number of aliphatic hydroxyl groups excluding tert-OH is 1. The number of nitrogens with one attached hydrogen (secondary N) is 1. The molecule has 1 unspecified atom stereocenters. The molecule has 2 aliphatic rings. The predicted octanol–water partition coefficient (Wildman–Crippen LogP) is 1.99. The summed E-state index contributed by atoms with van der Waals surface area (Å²) in [6.45, 7) is 2.21. The number of hydrogen-bond donors (Lipinski definition) is 2. The summed E-state index contributed by atoms with van der Waals surface area (Å²) in [5, 5.41) is 16.0. The molecule has 0 saturated carbocycles. The summed E-state index contributed by atoms with van der Waals surface area (Å²) in [7, 11) is 1.69. The van der Waals surface area contributed by atoms with E-state index < -0.39 is 6.10 Å². The number of amides is 1. The van der Waals surface area contributed by atoms with Crippen LogP contribution in [0.4, 0.5) is 5.95 Å². The van der Waals surface area contributed by atoms with Gasteiger partial charge in [0, 0.05) is 32.5 Å². The Morgan fingerprint density at radius 3 is 2.53 bits per heavy atom. The Balaban J connectivity index is 0.000000260. The number of anilines is 1. The van der Waals surface area contributed by atoms with Crippen molar-refractivity contribution in [2.75, 3.05) is 32.1 Å². The van der Waals surface area contributed by atoms with Gasteiger partial charge in [0.1, 0.15) is 18.1 Å². The number of rotatable bonds is 4. The number of carbonyl (C=O) groups is 1. The van der Waals surface area contributed by atoms with Crippen molar-refractivity contribution in [1.29, 1.82) is 0 Å². The van der Waals surface area contributed by atoms with Crippen LogP contribution < -0.4 is 5.32 Å². The third kappa shape index (κ3) is 5.45. The van der Waals surface area contributed by atoms with Gasteiger partial charge in [-0.15, -0.1) is 0 Å². The van der Waals surface area contributed by atoms with Crippen molar-refractivity contribution in [3.8, 4) is 22.8 Å². The lowest BCUT2D eigenvalue weighted by Gasteiger charge is -2.23. The summed E-state index contributed by atoms with van der Waals surface area (Å²) < 4.78 is 10.4. The molecule has 10 nitrogen and oxygen atoms in total. The van der Waals surface area contributed by atoms with E-state index in [4.69, 9.17) is 14.4 Å². The lowest BCUT2D eigenvalue weighted by molar-refractivity contribution is -0.133. The molecule has 0 radical (unpaired) electrons. The highest BCUT2D eigenvalue weighted by atomic mass is 16.5. The minimum atomic E-state index is -0.722. The molecular weight excluding hydrogens is 412 g/mol. The van der Waals surface area contributed by atoms with Crippen LogP contribution in [0.15, 0.2) is 47.3 Å². The number of nitrogens with zero attached hydrogens (tertiary/aromatic N) is 5. The largest absolute Gasteiger partial charge is 0.383 e. The van der Waals surface area contributed by atoms with Crippen LogP contribution in [0.5, 0.6) is 0 Å². The van der Waals surface area contributed by atoms with Crippen molar-refractivity contribution in [3.05, 3.63) is 42.8 Å². The van der Waals surface area contributed by atoms with Gasteiger partial charge in [0.25, 0.3) is 5.91 Å². The molecule has 3 aromatic heterocycles. The van der Waals surface area contributed by atoms with Crippen LogP contribution in [-0.2, 0) is 9.53 Å². The van der Waals surface area contributed by atoms with Crippen LogP contribution in [-0.4, -0.2) is 75.0 Å². The fourth-order valence-electron chi connectivity index (χ4n) is 3.48. The maximum atomic E-state index is 10.6. The highest BCUT2D eigenvalue weighted by Crippen LogP contribution is 2.21. The second-order valence-corrected chi connectivity index (χ2v) is 7.68. The molecule has 32 heavy (non-hydrogen) atoms. The Hall–Kier alpha value is -3.37. The van der Waals surface area contributed by atoms with E-state index in [9.17, 15) is 4.79 Å². The topological polar surface area (TPSA) is 126 Å². The van der Waals surface area contributed by atoms with E-state index in [1.165, 1.54) is 11.2 Å². The highest BCUT2D eigenvalue weighted by Gasteiger charge is 2.26. The molecule has 1 amide bonds. The molecule has 0 spiro atoms. The van der Waals surface area contributed by atoms with Gasteiger partial charge < -0.3 is 24.6 Å². The van der Waals surface area contributed by atoms with Crippen molar-refractivity contribution >= 4 is 11.9 Å². The monoisotopic (exact) mass is 438 g/mol. The molecule has 0 aromatic carbocycles. The van der Waals surface area contributed by atoms with Crippen LogP contribution in [0.1, 0.15) is 19.3 Å². The number of hydrogen-bond acceptors (Lipinski definition) is 9. The fourth-order valence-corrected chi connectivity index (χ4v) is 3.48. The van der Waals surface area contributed by atoms with Crippen molar-refractivity contribution < 1.29 is 19.2 Å². The number of likely N-dealkylation sites (tertiary alicyclic amines) is 1. The van der Waals surface area contributed by atoms with E-state index >= 15 is 0 Å². The van der Waals surface area contributed by atoms with E-state index in [0.29, 0.717) is 31.2 Å². The molecule has 5 rings (SSSR count). The maximum Gasteiger partial charge on any atom is 0.251 e. The number of aliphatic hydroxyl groups is 1. The van der Waals surface area contributed by atoms with E-state index in [1.807, 2.05) is 24.3 Å². The number of ether oxygens (including phenoxy) is 1. The number of aromatic nitrogens is 4. The lowest BCUT2D eigenvalue weighted by Crippen LogP contribution is -2.30. The van der Waals surface area contributed by atoms with Crippen molar-refractivity contribution in [2.24, 2.45) is 0 Å². The number of carbonyl (C=O) groups excluding carboxylic acids is 1. The molecule has 0 bridgehead atoms. The first kappa shape index (κ1) is 21.8. The average molecular weight is 438 g/mol. The number of likely N-dealkylation sites (N-methyl/N-ethyl adjacent to an activating group) is 1. The second-order valence-electron chi connectivity index (χ2n) is 7.68. The Labute approximate surface area is 185 Å². The van der Waals surface area contributed by atoms with Crippen LogP contribution in [0.25, 0.3) is 22.8 Å². The second kappa shape index (κ2) is 10.3.